The average molecular weight is 273 g/mol. The average Bonchev–Trinajstić information content (AvgIpc) is 2.95. The third-order valence-electron chi connectivity index (χ3n) is 3.85. The highest BCUT2D eigenvalue weighted by Crippen LogP contribution is 2.23. The molecule has 1 atom stereocenters. The van der Waals surface area contributed by atoms with E-state index in [4.69, 9.17) is 5.73 Å². The van der Waals surface area contributed by atoms with Gasteiger partial charge in [0.05, 0.1) is 6.54 Å². The molecule has 6 heteroatoms. The zero-order valence-corrected chi connectivity index (χ0v) is 11.3. The molecule has 0 aliphatic carbocycles. The van der Waals surface area contributed by atoms with Crippen LogP contribution in [-0.4, -0.2) is 44.4 Å². The Morgan fingerprint density at radius 2 is 2.05 bits per heavy atom. The van der Waals surface area contributed by atoms with E-state index in [9.17, 15) is 5.11 Å². The Morgan fingerprint density at radius 1 is 1.25 bits per heavy atom. The number of hydrogen-bond donors (Lipinski definition) is 2. The van der Waals surface area contributed by atoms with Crippen molar-refractivity contribution >= 4 is 0 Å². The van der Waals surface area contributed by atoms with E-state index in [1.807, 2.05) is 34.9 Å². The first kappa shape index (κ1) is 13.2. The van der Waals surface area contributed by atoms with Gasteiger partial charge in [0.1, 0.15) is 17.8 Å². The Balaban J connectivity index is 1.76. The molecule has 0 bridgehead atoms. The van der Waals surface area contributed by atoms with Crippen molar-refractivity contribution in [3.8, 4) is 0 Å². The van der Waals surface area contributed by atoms with Crippen LogP contribution in [-0.2, 0) is 18.7 Å². The molecule has 0 saturated heterocycles. The summed E-state index contributed by atoms with van der Waals surface area (Å²) >= 11 is 0. The Kier molecular flexibility index (Phi) is 3.52. The van der Waals surface area contributed by atoms with Gasteiger partial charge in [0.2, 0.25) is 0 Å². The second kappa shape index (κ2) is 5.32. The van der Waals surface area contributed by atoms with Gasteiger partial charge in [-0.2, -0.15) is 0 Å². The maximum atomic E-state index is 10.8. The van der Waals surface area contributed by atoms with Gasteiger partial charge in [0.25, 0.3) is 0 Å². The topological polar surface area (TPSA) is 80.2 Å². The highest BCUT2D eigenvalue weighted by Gasteiger charge is 2.31. The zero-order chi connectivity index (χ0) is 14.0. The molecule has 1 aliphatic heterocycles. The van der Waals surface area contributed by atoms with Gasteiger partial charge in [-0.15, -0.1) is 10.2 Å². The molecule has 2 heterocycles. The minimum Gasteiger partial charge on any atom is -0.382 e. The molecular formula is C14H19N5O. The van der Waals surface area contributed by atoms with E-state index >= 15 is 0 Å². The van der Waals surface area contributed by atoms with Crippen LogP contribution in [0.5, 0.6) is 0 Å². The van der Waals surface area contributed by atoms with Crippen molar-refractivity contribution in [2.24, 2.45) is 5.73 Å². The molecule has 20 heavy (non-hydrogen) atoms. The van der Waals surface area contributed by atoms with Crippen LogP contribution in [0.3, 0.4) is 0 Å². The predicted molar refractivity (Wildman–Crippen MR) is 74.7 cm³/mol. The van der Waals surface area contributed by atoms with Crippen molar-refractivity contribution < 1.29 is 5.11 Å². The normalized spacial score (nSPS) is 18.5. The van der Waals surface area contributed by atoms with Crippen LogP contribution in [0.2, 0.25) is 0 Å². The Morgan fingerprint density at radius 3 is 2.80 bits per heavy atom. The lowest BCUT2D eigenvalue weighted by molar-refractivity contribution is -0.00105. The number of nitrogens with two attached hydrogens (primary N) is 1. The molecule has 0 radical (unpaired) electrons. The number of fused-ring (bicyclic) bond motifs is 1. The number of aliphatic hydroxyl groups is 1. The van der Waals surface area contributed by atoms with Crippen LogP contribution in [0.1, 0.15) is 11.4 Å². The van der Waals surface area contributed by atoms with Crippen molar-refractivity contribution in [3.63, 3.8) is 0 Å². The van der Waals surface area contributed by atoms with Crippen molar-refractivity contribution in [3.05, 3.63) is 48.0 Å². The van der Waals surface area contributed by atoms with Crippen LogP contribution < -0.4 is 5.73 Å². The summed E-state index contributed by atoms with van der Waals surface area (Å²) in [7, 11) is 0. The highest BCUT2D eigenvalue weighted by atomic mass is 16.3. The molecule has 1 unspecified atom stereocenters. The van der Waals surface area contributed by atoms with Gasteiger partial charge in [-0.3, -0.25) is 4.90 Å². The maximum Gasteiger partial charge on any atom is 0.147 e. The monoisotopic (exact) mass is 273 g/mol. The summed E-state index contributed by atoms with van der Waals surface area (Å²) in [5.74, 6) is 0.934. The molecule has 2 aromatic rings. The SMILES string of the molecule is NCC(O)(CN1CCn2cnnc2C1)c1ccccc1. The molecule has 3 rings (SSSR count). The fourth-order valence-corrected chi connectivity index (χ4v) is 2.64. The smallest absolute Gasteiger partial charge is 0.147 e. The maximum absolute atomic E-state index is 10.8. The van der Waals surface area contributed by atoms with E-state index in [-0.39, 0.29) is 6.54 Å². The van der Waals surface area contributed by atoms with Gasteiger partial charge in [-0.1, -0.05) is 30.3 Å². The second-order valence-electron chi connectivity index (χ2n) is 5.25. The van der Waals surface area contributed by atoms with Crippen LogP contribution in [0.4, 0.5) is 0 Å². The predicted octanol–water partition coefficient (Wildman–Crippen LogP) is -0.0598. The Bertz CT molecular complexity index is 570. The molecule has 106 valence electrons. The van der Waals surface area contributed by atoms with E-state index in [0.29, 0.717) is 13.1 Å². The standard InChI is InChI=1S/C14H19N5O/c15-9-14(20,12-4-2-1-3-5-12)10-18-6-7-19-11-16-17-13(19)8-18/h1-5,11,20H,6-10,15H2. The number of benzene rings is 1. The van der Waals surface area contributed by atoms with Crippen molar-refractivity contribution in [2.45, 2.75) is 18.7 Å². The lowest BCUT2D eigenvalue weighted by Gasteiger charge is -2.35. The largest absolute Gasteiger partial charge is 0.382 e. The quantitative estimate of drug-likeness (QED) is 0.816. The molecule has 0 spiro atoms. The Labute approximate surface area is 117 Å². The second-order valence-corrected chi connectivity index (χ2v) is 5.25. The molecule has 0 saturated carbocycles. The first-order chi connectivity index (χ1) is 9.71. The molecule has 1 aromatic heterocycles. The number of aromatic nitrogens is 3. The van der Waals surface area contributed by atoms with Gasteiger partial charge >= 0.3 is 0 Å². The van der Waals surface area contributed by atoms with E-state index in [2.05, 4.69) is 15.1 Å². The van der Waals surface area contributed by atoms with E-state index in [1.165, 1.54) is 0 Å². The molecule has 0 fully saturated rings. The molecule has 6 nitrogen and oxygen atoms in total. The lowest BCUT2D eigenvalue weighted by Crippen LogP contribution is -2.48. The number of hydrogen-bond acceptors (Lipinski definition) is 5. The summed E-state index contributed by atoms with van der Waals surface area (Å²) in [5, 5.41) is 18.8. The first-order valence-electron chi connectivity index (χ1n) is 6.78. The van der Waals surface area contributed by atoms with E-state index in [0.717, 1.165) is 24.5 Å². The van der Waals surface area contributed by atoms with Crippen molar-refractivity contribution in [1.29, 1.82) is 0 Å². The molecular weight excluding hydrogens is 254 g/mol. The summed E-state index contributed by atoms with van der Waals surface area (Å²) in [6.45, 7) is 3.09. The fraction of sp³-hybridized carbons (Fsp3) is 0.429. The molecule has 0 amide bonds. The van der Waals surface area contributed by atoms with Gasteiger partial charge in [-0.25, -0.2) is 0 Å². The van der Waals surface area contributed by atoms with Gasteiger partial charge in [0, 0.05) is 26.2 Å². The fourth-order valence-electron chi connectivity index (χ4n) is 2.64. The third-order valence-corrected chi connectivity index (χ3v) is 3.85. The first-order valence-corrected chi connectivity index (χ1v) is 6.78. The zero-order valence-electron chi connectivity index (χ0n) is 11.3. The van der Waals surface area contributed by atoms with Crippen LogP contribution >= 0.6 is 0 Å². The van der Waals surface area contributed by atoms with Gasteiger partial charge < -0.3 is 15.4 Å². The summed E-state index contributed by atoms with van der Waals surface area (Å²) in [6, 6.07) is 9.61. The van der Waals surface area contributed by atoms with E-state index < -0.39 is 5.60 Å². The third kappa shape index (κ3) is 2.45. The van der Waals surface area contributed by atoms with Crippen molar-refractivity contribution in [2.75, 3.05) is 19.6 Å². The minimum absolute atomic E-state index is 0.195. The lowest BCUT2D eigenvalue weighted by atomic mass is 9.93. The summed E-state index contributed by atoms with van der Waals surface area (Å²) in [5.41, 5.74) is 5.65. The molecule has 3 N–H and O–H groups in total. The molecule has 1 aromatic carbocycles. The Hall–Kier alpha value is -1.76. The van der Waals surface area contributed by atoms with Crippen LogP contribution in [0.15, 0.2) is 36.7 Å². The molecule has 1 aliphatic rings. The summed E-state index contributed by atoms with van der Waals surface area (Å²) < 4.78 is 2.04. The van der Waals surface area contributed by atoms with E-state index in [1.54, 1.807) is 6.33 Å². The number of β-amino-alcohol motifs (C(OH)–C–C–N with tert-alkyl or cyclic N) is 1. The highest BCUT2D eigenvalue weighted by molar-refractivity contribution is 5.23. The summed E-state index contributed by atoms with van der Waals surface area (Å²) in [4.78, 5) is 2.17. The van der Waals surface area contributed by atoms with Gasteiger partial charge in [-0.05, 0) is 5.56 Å². The minimum atomic E-state index is -1.02. The van der Waals surface area contributed by atoms with Crippen LogP contribution in [0, 0.1) is 0 Å². The van der Waals surface area contributed by atoms with Gasteiger partial charge in [0.15, 0.2) is 0 Å². The number of nitrogens with zero attached hydrogens (tertiary/aromatic N) is 4. The van der Waals surface area contributed by atoms with Crippen molar-refractivity contribution in [1.82, 2.24) is 19.7 Å². The van der Waals surface area contributed by atoms with Crippen LogP contribution in [0.25, 0.3) is 0 Å². The summed E-state index contributed by atoms with van der Waals surface area (Å²) in [6.07, 6.45) is 1.75. The number of rotatable bonds is 4.